The molecular weight excluding hydrogens is 206 g/mol. The van der Waals surface area contributed by atoms with Crippen molar-refractivity contribution in [2.24, 2.45) is 16.5 Å². The summed E-state index contributed by atoms with van der Waals surface area (Å²) in [6, 6.07) is 7.86. The van der Waals surface area contributed by atoms with E-state index >= 15 is 0 Å². The molecule has 1 rings (SSSR count). The number of hydrogen-bond donors (Lipinski definition) is 2. The van der Waals surface area contributed by atoms with E-state index < -0.39 is 0 Å². The number of hydrogen-bond acceptors (Lipinski definition) is 3. The molecule has 1 aromatic rings. The molecule has 15 heavy (non-hydrogen) atoms. The molecule has 3 nitrogen and oxygen atoms in total. The van der Waals surface area contributed by atoms with Gasteiger partial charge < -0.3 is 11.5 Å². The maximum absolute atomic E-state index is 5.79. The maximum Gasteiger partial charge on any atom is 0.159 e. The molecule has 0 aliphatic heterocycles. The van der Waals surface area contributed by atoms with E-state index in [-0.39, 0.29) is 6.04 Å². The first-order valence-electron chi connectivity index (χ1n) is 4.96. The molecule has 0 fully saturated rings. The number of nitrogens with two attached hydrogens (primary N) is 2. The monoisotopic (exact) mass is 223 g/mol. The Morgan fingerprint density at radius 3 is 2.87 bits per heavy atom. The summed E-state index contributed by atoms with van der Waals surface area (Å²) in [4.78, 5) is 4.29. The summed E-state index contributed by atoms with van der Waals surface area (Å²) in [5.74, 6) is 0.933. The predicted octanol–water partition coefficient (Wildman–Crippen LogP) is 2.41. The van der Waals surface area contributed by atoms with Crippen molar-refractivity contribution >= 4 is 22.6 Å². The molecular formula is C11H17N3S. The predicted molar refractivity (Wildman–Crippen MR) is 68.5 cm³/mol. The van der Waals surface area contributed by atoms with Gasteiger partial charge in [0.15, 0.2) is 5.17 Å². The first kappa shape index (κ1) is 12.1. The van der Waals surface area contributed by atoms with Crippen LogP contribution in [0.25, 0.3) is 0 Å². The van der Waals surface area contributed by atoms with Gasteiger partial charge in [0.2, 0.25) is 0 Å². The van der Waals surface area contributed by atoms with Gasteiger partial charge in [-0.15, -0.1) is 0 Å². The molecule has 0 heterocycles. The zero-order valence-corrected chi connectivity index (χ0v) is 9.92. The fourth-order valence-electron chi connectivity index (χ4n) is 1.18. The van der Waals surface area contributed by atoms with E-state index in [0.717, 1.165) is 17.0 Å². The van der Waals surface area contributed by atoms with Crippen molar-refractivity contribution in [2.75, 3.05) is 5.75 Å². The van der Waals surface area contributed by atoms with E-state index in [9.17, 15) is 0 Å². The van der Waals surface area contributed by atoms with Crippen LogP contribution in [0.3, 0.4) is 0 Å². The quantitative estimate of drug-likeness (QED) is 0.611. The van der Waals surface area contributed by atoms with Crippen molar-refractivity contribution in [2.45, 2.75) is 19.9 Å². The Morgan fingerprint density at radius 2 is 2.27 bits per heavy atom. The third-order valence-corrected chi connectivity index (χ3v) is 2.60. The van der Waals surface area contributed by atoms with E-state index in [4.69, 9.17) is 11.5 Å². The molecule has 4 N–H and O–H groups in total. The normalized spacial score (nSPS) is 13.9. The van der Waals surface area contributed by atoms with Gasteiger partial charge in [0.1, 0.15) is 0 Å². The number of rotatable bonds is 3. The molecule has 1 unspecified atom stereocenters. The minimum Gasteiger partial charge on any atom is -0.378 e. The fraction of sp³-hybridized carbons (Fsp3) is 0.364. The van der Waals surface area contributed by atoms with Gasteiger partial charge in [-0.2, -0.15) is 0 Å². The molecule has 1 atom stereocenters. The van der Waals surface area contributed by atoms with Gasteiger partial charge in [-0.3, -0.25) is 0 Å². The zero-order chi connectivity index (χ0) is 11.3. The molecule has 0 spiro atoms. The van der Waals surface area contributed by atoms with Gasteiger partial charge in [0, 0.05) is 6.04 Å². The lowest BCUT2D eigenvalue weighted by atomic mass is 10.1. The smallest absolute Gasteiger partial charge is 0.159 e. The molecule has 1 aromatic carbocycles. The number of thioether (sulfide) groups is 1. The van der Waals surface area contributed by atoms with Crippen molar-refractivity contribution in [1.29, 1.82) is 0 Å². The first-order chi connectivity index (χ1) is 7.13. The zero-order valence-electron chi connectivity index (χ0n) is 9.10. The number of benzene rings is 1. The number of aliphatic imine (C=N–C) groups is 1. The molecule has 0 aliphatic rings. The molecule has 0 saturated carbocycles. The highest BCUT2D eigenvalue weighted by Crippen LogP contribution is 2.19. The number of amidine groups is 1. The van der Waals surface area contributed by atoms with Gasteiger partial charge >= 0.3 is 0 Å². The molecule has 0 amide bonds. The van der Waals surface area contributed by atoms with Crippen molar-refractivity contribution in [3.05, 3.63) is 29.8 Å². The Labute approximate surface area is 95.0 Å². The van der Waals surface area contributed by atoms with Crippen molar-refractivity contribution in [3.63, 3.8) is 0 Å². The maximum atomic E-state index is 5.79. The van der Waals surface area contributed by atoms with E-state index in [2.05, 4.69) is 4.99 Å². The minimum absolute atomic E-state index is 0.0280. The molecule has 0 bridgehead atoms. The Hall–Kier alpha value is -1.00. The highest BCUT2D eigenvalue weighted by molar-refractivity contribution is 8.13. The first-order valence-corrected chi connectivity index (χ1v) is 5.94. The van der Waals surface area contributed by atoms with E-state index in [0.29, 0.717) is 5.17 Å². The Bertz CT molecular complexity index is 347. The van der Waals surface area contributed by atoms with Crippen LogP contribution in [-0.2, 0) is 0 Å². The van der Waals surface area contributed by atoms with Crippen molar-refractivity contribution < 1.29 is 0 Å². The van der Waals surface area contributed by atoms with Crippen LogP contribution >= 0.6 is 11.8 Å². The summed E-state index contributed by atoms with van der Waals surface area (Å²) in [5.41, 5.74) is 13.4. The second kappa shape index (κ2) is 5.78. The molecule has 0 saturated heterocycles. The second-order valence-corrected chi connectivity index (χ2v) is 4.55. The lowest BCUT2D eigenvalue weighted by Crippen LogP contribution is -2.06. The van der Waals surface area contributed by atoms with Crippen LogP contribution in [0, 0.1) is 0 Å². The Morgan fingerprint density at radius 1 is 1.53 bits per heavy atom. The summed E-state index contributed by atoms with van der Waals surface area (Å²) in [6.45, 7) is 4.00. The van der Waals surface area contributed by atoms with E-state index in [1.165, 1.54) is 11.8 Å². The summed E-state index contributed by atoms with van der Waals surface area (Å²) in [7, 11) is 0. The summed E-state index contributed by atoms with van der Waals surface area (Å²) < 4.78 is 0. The van der Waals surface area contributed by atoms with Gasteiger partial charge in [-0.1, -0.05) is 30.8 Å². The van der Waals surface area contributed by atoms with Crippen LogP contribution in [0.15, 0.2) is 29.3 Å². The lowest BCUT2D eigenvalue weighted by Gasteiger charge is -2.06. The second-order valence-electron chi connectivity index (χ2n) is 3.27. The standard InChI is InChI=1S/C11H17N3S/c1-3-15-11(13)14-10-6-4-5-9(7-10)8(2)12/h4-8H,3,12H2,1-2H3,(H2,13,14). The molecule has 0 radical (unpaired) electrons. The lowest BCUT2D eigenvalue weighted by molar-refractivity contribution is 0.818. The van der Waals surface area contributed by atoms with Crippen LogP contribution in [0.4, 0.5) is 5.69 Å². The molecule has 82 valence electrons. The van der Waals surface area contributed by atoms with E-state index in [1.54, 1.807) is 0 Å². The Balaban J connectivity index is 2.86. The largest absolute Gasteiger partial charge is 0.378 e. The Kier molecular flexibility index (Phi) is 4.65. The molecule has 0 aromatic heterocycles. The fourth-order valence-corrected chi connectivity index (χ4v) is 1.65. The highest BCUT2D eigenvalue weighted by Gasteiger charge is 2.00. The van der Waals surface area contributed by atoms with Crippen molar-refractivity contribution in [3.8, 4) is 0 Å². The average Bonchev–Trinajstić information content (AvgIpc) is 2.18. The van der Waals surface area contributed by atoms with Crippen LogP contribution < -0.4 is 11.5 Å². The average molecular weight is 223 g/mol. The topological polar surface area (TPSA) is 64.4 Å². The van der Waals surface area contributed by atoms with Gasteiger partial charge in [0.25, 0.3) is 0 Å². The van der Waals surface area contributed by atoms with E-state index in [1.807, 2.05) is 38.1 Å². The summed E-state index contributed by atoms with van der Waals surface area (Å²) in [5, 5.41) is 0.597. The highest BCUT2D eigenvalue weighted by atomic mass is 32.2. The van der Waals surface area contributed by atoms with Gasteiger partial charge in [-0.05, 0) is 30.4 Å². The van der Waals surface area contributed by atoms with Crippen LogP contribution in [0.2, 0.25) is 0 Å². The van der Waals surface area contributed by atoms with Gasteiger partial charge in [0.05, 0.1) is 5.69 Å². The van der Waals surface area contributed by atoms with Crippen LogP contribution in [0.1, 0.15) is 25.5 Å². The molecule has 0 aliphatic carbocycles. The number of nitrogens with zero attached hydrogens (tertiary/aromatic N) is 1. The summed E-state index contributed by atoms with van der Waals surface area (Å²) in [6.07, 6.45) is 0. The SMILES string of the molecule is CCSC(N)=Nc1cccc(C(C)N)c1. The third kappa shape index (κ3) is 3.93. The third-order valence-electron chi connectivity index (χ3n) is 1.93. The summed E-state index contributed by atoms with van der Waals surface area (Å²) >= 11 is 1.54. The van der Waals surface area contributed by atoms with Crippen LogP contribution in [0.5, 0.6) is 0 Å². The van der Waals surface area contributed by atoms with Crippen LogP contribution in [-0.4, -0.2) is 10.9 Å². The van der Waals surface area contributed by atoms with Crippen molar-refractivity contribution in [1.82, 2.24) is 0 Å². The minimum atomic E-state index is 0.0280. The molecule has 4 heteroatoms. The van der Waals surface area contributed by atoms with Gasteiger partial charge in [-0.25, -0.2) is 4.99 Å².